The number of hydrogen-bond acceptors (Lipinski definition) is 2. The molecule has 0 amide bonds. The molecular formula is C52H41NO. The SMILES string of the molecule is c1ccc(-c2ccccc2N(c2ccc(-c3ccc4c(c3)C3(c5ccccc5-4)C4CC5CC(C4)CC3C5)cc2)c2ccc3oc4ccccc4c3c2)cc1. The average Bonchev–Trinajstić information content (AvgIpc) is 3.74. The molecule has 4 saturated carbocycles. The van der Waals surface area contributed by atoms with Gasteiger partial charge >= 0.3 is 0 Å². The van der Waals surface area contributed by atoms with E-state index in [1.807, 2.05) is 6.07 Å². The van der Waals surface area contributed by atoms with Crippen molar-refractivity contribution in [1.29, 1.82) is 0 Å². The first-order valence-corrected chi connectivity index (χ1v) is 19.9. The third-order valence-corrected chi connectivity index (χ3v) is 13.9. The van der Waals surface area contributed by atoms with Crippen LogP contribution >= 0.6 is 0 Å². The van der Waals surface area contributed by atoms with Gasteiger partial charge in [0.05, 0.1) is 5.69 Å². The normalized spacial score (nSPS) is 23.3. The Bertz CT molecular complexity index is 2710. The van der Waals surface area contributed by atoms with Gasteiger partial charge in [-0.25, -0.2) is 0 Å². The summed E-state index contributed by atoms with van der Waals surface area (Å²) in [4.78, 5) is 2.41. The Morgan fingerprint density at radius 2 is 1.06 bits per heavy atom. The van der Waals surface area contributed by atoms with Crippen molar-refractivity contribution in [1.82, 2.24) is 0 Å². The Morgan fingerprint density at radius 1 is 0.426 bits per heavy atom. The molecule has 4 bridgehead atoms. The van der Waals surface area contributed by atoms with Gasteiger partial charge in [0.15, 0.2) is 0 Å². The highest BCUT2D eigenvalue weighted by Crippen LogP contribution is 2.69. The molecule has 5 aliphatic rings. The summed E-state index contributed by atoms with van der Waals surface area (Å²) < 4.78 is 6.26. The van der Waals surface area contributed by atoms with Crippen LogP contribution in [0.25, 0.3) is 55.3 Å². The number of furan rings is 1. The number of hydrogen-bond donors (Lipinski definition) is 0. The van der Waals surface area contributed by atoms with E-state index in [1.165, 1.54) is 65.5 Å². The van der Waals surface area contributed by atoms with Crippen molar-refractivity contribution in [3.63, 3.8) is 0 Å². The maximum Gasteiger partial charge on any atom is 0.135 e. The molecule has 13 rings (SSSR count). The maximum atomic E-state index is 6.26. The molecule has 1 heterocycles. The zero-order valence-electron chi connectivity index (χ0n) is 30.3. The summed E-state index contributed by atoms with van der Waals surface area (Å²) in [7, 11) is 0. The van der Waals surface area contributed by atoms with Crippen molar-refractivity contribution < 1.29 is 4.42 Å². The van der Waals surface area contributed by atoms with E-state index < -0.39 is 0 Å². The fourth-order valence-electron chi connectivity index (χ4n) is 11.9. The van der Waals surface area contributed by atoms with Crippen LogP contribution in [0, 0.1) is 23.7 Å². The molecule has 0 atom stereocenters. The smallest absolute Gasteiger partial charge is 0.135 e. The van der Waals surface area contributed by atoms with Crippen LogP contribution in [0.3, 0.4) is 0 Å². The highest BCUT2D eigenvalue weighted by Gasteiger charge is 2.61. The van der Waals surface area contributed by atoms with E-state index in [0.717, 1.165) is 62.7 Å². The number of benzene rings is 7. The van der Waals surface area contributed by atoms with Crippen molar-refractivity contribution in [2.24, 2.45) is 23.7 Å². The lowest BCUT2D eigenvalue weighted by molar-refractivity contribution is -0.0399. The van der Waals surface area contributed by atoms with E-state index in [4.69, 9.17) is 4.42 Å². The van der Waals surface area contributed by atoms with E-state index in [0.29, 0.717) is 0 Å². The zero-order valence-corrected chi connectivity index (χ0v) is 30.3. The van der Waals surface area contributed by atoms with E-state index in [1.54, 1.807) is 11.1 Å². The Hall–Kier alpha value is -5.86. The van der Waals surface area contributed by atoms with Gasteiger partial charge in [-0.2, -0.15) is 0 Å². The first kappa shape index (κ1) is 30.6. The van der Waals surface area contributed by atoms with E-state index >= 15 is 0 Å². The van der Waals surface area contributed by atoms with Crippen molar-refractivity contribution in [2.75, 3.05) is 4.90 Å². The van der Waals surface area contributed by atoms with Crippen LogP contribution in [0.2, 0.25) is 0 Å². The van der Waals surface area contributed by atoms with Crippen molar-refractivity contribution in [3.05, 3.63) is 175 Å². The molecule has 0 aliphatic heterocycles. The Balaban J connectivity index is 0.989. The lowest BCUT2D eigenvalue weighted by Gasteiger charge is -2.61. The summed E-state index contributed by atoms with van der Waals surface area (Å²) in [5.41, 5.74) is 16.5. The van der Waals surface area contributed by atoms with Crippen LogP contribution in [0.1, 0.15) is 43.2 Å². The van der Waals surface area contributed by atoms with Crippen LogP contribution in [-0.2, 0) is 5.41 Å². The van der Waals surface area contributed by atoms with Gasteiger partial charge in [-0.3, -0.25) is 0 Å². The molecule has 260 valence electrons. The molecule has 0 unspecified atom stereocenters. The van der Waals surface area contributed by atoms with Crippen LogP contribution in [0.4, 0.5) is 17.1 Å². The van der Waals surface area contributed by atoms with Crippen LogP contribution < -0.4 is 4.90 Å². The summed E-state index contributed by atoms with van der Waals surface area (Å²) in [6.45, 7) is 0. The predicted octanol–water partition coefficient (Wildman–Crippen LogP) is 14.1. The number of nitrogens with zero attached hydrogens (tertiary/aromatic N) is 1. The summed E-state index contributed by atoms with van der Waals surface area (Å²) in [5, 5.41) is 2.26. The molecule has 1 aromatic heterocycles. The van der Waals surface area contributed by atoms with Gasteiger partial charge in [0.2, 0.25) is 0 Å². The van der Waals surface area contributed by atoms with E-state index in [-0.39, 0.29) is 5.41 Å². The molecule has 0 N–H and O–H groups in total. The van der Waals surface area contributed by atoms with Crippen LogP contribution in [0.5, 0.6) is 0 Å². The third kappa shape index (κ3) is 4.34. The van der Waals surface area contributed by atoms with Gasteiger partial charge in [0, 0.05) is 33.1 Å². The average molecular weight is 696 g/mol. The van der Waals surface area contributed by atoms with Gasteiger partial charge < -0.3 is 9.32 Å². The second-order valence-corrected chi connectivity index (χ2v) is 16.5. The molecule has 8 aromatic rings. The summed E-state index contributed by atoms with van der Waals surface area (Å²) in [6, 6.07) is 60.6. The molecule has 7 aromatic carbocycles. The van der Waals surface area contributed by atoms with Crippen molar-refractivity contribution in [2.45, 2.75) is 37.5 Å². The van der Waals surface area contributed by atoms with E-state index in [9.17, 15) is 0 Å². The lowest BCUT2D eigenvalue weighted by Crippen LogP contribution is -2.55. The Morgan fingerprint density at radius 3 is 1.87 bits per heavy atom. The van der Waals surface area contributed by atoms with Crippen LogP contribution in [-0.4, -0.2) is 0 Å². The van der Waals surface area contributed by atoms with Crippen LogP contribution in [0.15, 0.2) is 168 Å². The number of para-hydroxylation sites is 2. The van der Waals surface area contributed by atoms with Crippen molar-refractivity contribution in [3.8, 4) is 33.4 Å². The minimum Gasteiger partial charge on any atom is -0.456 e. The largest absolute Gasteiger partial charge is 0.456 e. The van der Waals surface area contributed by atoms with Gasteiger partial charge in [-0.15, -0.1) is 0 Å². The summed E-state index contributed by atoms with van der Waals surface area (Å²) >= 11 is 0. The first-order valence-electron chi connectivity index (χ1n) is 19.9. The van der Waals surface area contributed by atoms with Gasteiger partial charge in [-0.1, -0.05) is 115 Å². The minimum atomic E-state index is 0.170. The monoisotopic (exact) mass is 695 g/mol. The number of fused-ring (bicyclic) bond motifs is 6. The maximum absolute atomic E-state index is 6.26. The lowest BCUT2D eigenvalue weighted by atomic mass is 9.43. The third-order valence-electron chi connectivity index (χ3n) is 13.9. The molecule has 2 nitrogen and oxygen atoms in total. The van der Waals surface area contributed by atoms with Crippen molar-refractivity contribution >= 4 is 39.0 Å². The van der Waals surface area contributed by atoms with Gasteiger partial charge in [0.25, 0.3) is 0 Å². The fourth-order valence-corrected chi connectivity index (χ4v) is 11.9. The second-order valence-electron chi connectivity index (χ2n) is 16.5. The number of anilines is 3. The molecule has 2 heteroatoms. The molecule has 4 fully saturated rings. The minimum absolute atomic E-state index is 0.170. The zero-order chi connectivity index (χ0) is 35.4. The second kappa shape index (κ2) is 11.6. The number of rotatable bonds is 5. The standard InChI is InChI=1S/C52H41NO/c1-2-10-36(11-3-1)42-12-5-8-16-49(42)53(41-23-25-51-46(32-41)45-14-6-9-17-50(45)54-51)40-21-18-35(19-22-40)37-20-24-44-43-13-4-7-15-47(43)52(48(44)31-37)38-27-33-26-34(29-38)30-39(52)28-33/h1-25,31-34,38-39H,26-30H2. The fraction of sp³-hybridized carbons (Fsp3) is 0.192. The predicted molar refractivity (Wildman–Crippen MR) is 223 cm³/mol. The summed E-state index contributed by atoms with van der Waals surface area (Å²) in [5.74, 6) is 3.40. The molecule has 0 radical (unpaired) electrons. The van der Waals surface area contributed by atoms with Gasteiger partial charge in [-0.05, 0) is 143 Å². The Labute approximate surface area is 316 Å². The molecular weight excluding hydrogens is 655 g/mol. The highest BCUT2D eigenvalue weighted by atomic mass is 16.3. The Kier molecular flexibility index (Phi) is 6.55. The topological polar surface area (TPSA) is 16.4 Å². The molecule has 1 spiro atoms. The summed E-state index contributed by atoms with van der Waals surface area (Å²) in [6.07, 6.45) is 7.09. The van der Waals surface area contributed by atoms with Gasteiger partial charge in [0.1, 0.15) is 11.2 Å². The quantitative estimate of drug-likeness (QED) is 0.178. The molecule has 5 aliphatic carbocycles. The highest BCUT2D eigenvalue weighted by molar-refractivity contribution is 6.07. The van der Waals surface area contributed by atoms with E-state index in [2.05, 4.69) is 163 Å². The molecule has 0 saturated heterocycles. The first-order chi connectivity index (χ1) is 26.7. The molecule has 54 heavy (non-hydrogen) atoms.